The fraction of sp³-hybridized carbons (Fsp3) is 0.889. The molecule has 1 heterocycles. The van der Waals surface area contributed by atoms with E-state index in [1.807, 2.05) is 4.90 Å². The van der Waals surface area contributed by atoms with Crippen LogP contribution in [0, 0.1) is 0 Å². The van der Waals surface area contributed by atoms with Crippen molar-refractivity contribution in [1.29, 1.82) is 0 Å². The third kappa shape index (κ3) is 2.81. The van der Waals surface area contributed by atoms with Gasteiger partial charge in [-0.15, -0.1) is 0 Å². The normalized spacial score (nSPS) is 17.9. The number of likely N-dealkylation sites (tertiary alicyclic amines) is 1. The average Bonchev–Trinajstić information content (AvgIpc) is 2.15. The van der Waals surface area contributed by atoms with Crippen LogP contribution in [-0.2, 0) is 9.53 Å². The average molecular weight is 171 g/mol. The van der Waals surface area contributed by atoms with Crippen molar-refractivity contribution in [3.63, 3.8) is 0 Å². The van der Waals surface area contributed by atoms with Crippen LogP contribution in [0.3, 0.4) is 0 Å². The first-order valence-corrected chi connectivity index (χ1v) is 4.61. The molecule has 0 aromatic heterocycles. The second kappa shape index (κ2) is 5.14. The zero-order valence-electron chi connectivity index (χ0n) is 7.71. The number of amides is 1. The lowest BCUT2D eigenvalue weighted by atomic mass is 10.1. The predicted octanol–water partition coefficient (Wildman–Crippen LogP) is 1.04. The maximum absolute atomic E-state index is 11.4. The Morgan fingerprint density at radius 2 is 2.00 bits per heavy atom. The number of nitrogens with zero attached hydrogens (tertiary/aromatic N) is 1. The molecule has 0 aromatic carbocycles. The topological polar surface area (TPSA) is 29.5 Å². The van der Waals surface area contributed by atoms with Crippen LogP contribution in [-0.4, -0.2) is 37.6 Å². The van der Waals surface area contributed by atoms with Gasteiger partial charge in [-0.1, -0.05) is 0 Å². The molecular weight excluding hydrogens is 154 g/mol. The third-order valence-electron chi connectivity index (χ3n) is 2.23. The van der Waals surface area contributed by atoms with Gasteiger partial charge in [0.2, 0.25) is 5.91 Å². The molecule has 0 aromatic rings. The number of methoxy groups -OCH3 is 1. The quantitative estimate of drug-likeness (QED) is 0.635. The molecule has 0 aliphatic carbocycles. The maximum Gasteiger partial charge on any atom is 0.224 e. The first-order valence-electron chi connectivity index (χ1n) is 4.61. The van der Waals surface area contributed by atoms with Gasteiger partial charge in [0.1, 0.15) is 0 Å². The minimum absolute atomic E-state index is 0.247. The number of hydrogen-bond donors (Lipinski definition) is 0. The summed E-state index contributed by atoms with van der Waals surface area (Å²) in [6.45, 7) is 2.44. The zero-order chi connectivity index (χ0) is 8.81. The molecule has 1 fully saturated rings. The molecule has 12 heavy (non-hydrogen) atoms. The lowest BCUT2D eigenvalue weighted by molar-refractivity contribution is -0.133. The molecular formula is C9H17NO2. The van der Waals surface area contributed by atoms with Crippen molar-refractivity contribution in [2.45, 2.75) is 25.7 Å². The van der Waals surface area contributed by atoms with Gasteiger partial charge in [-0.05, 0) is 19.3 Å². The Morgan fingerprint density at radius 3 is 2.58 bits per heavy atom. The molecule has 0 spiro atoms. The van der Waals surface area contributed by atoms with E-state index in [2.05, 4.69) is 0 Å². The van der Waals surface area contributed by atoms with E-state index < -0.39 is 0 Å². The van der Waals surface area contributed by atoms with Gasteiger partial charge in [0.25, 0.3) is 0 Å². The van der Waals surface area contributed by atoms with E-state index in [-0.39, 0.29) is 5.91 Å². The summed E-state index contributed by atoms with van der Waals surface area (Å²) in [6, 6.07) is 0. The van der Waals surface area contributed by atoms with Gasteiger partial charge < -0.3 is 9.64 Å². The summed E-state index contributed by atoms with van der Waals surface area (Å²) in [7, 11) is 1.63. The van der Waals surface area contributed by atoms with Gasteiger partial charge in [-0.3, -0.25) is 4.79 Å². The van der Waals surface area contributed by atoms with E-state index in [4.69, 9.17) is 4.74 Å². The number of hydrogen-bond acceptors (Lipinski definition) is 2. The van der Waals surface area contributed by atoms with Crippen molar-refractivity contribution in [2.75, 3.05) is 26.8 Å². The Bertz CT molecular complexity index is 141. The Hall–Kier alpha value is -0.570. The number of rotatable bonds is 3. The molecule has 0 bridgehead atoms. The highest BCUT2D eigenvalue weighted by Crippen LogP contribution is 2.09. The van der Waals surface area contributed by atoms with Crippen LogP contribution in [0.25, 0.3) is 0 Å². The van der Waals surface area contributed by atoms with Crippen LogP contribution in [0.4, 0.5) is 0 Å². The predicted molar refractivity (Wildman–Crippen MR) is 46.9 cm³/mol. The molecule has 0 N–H and O–H groups in total. The standard InChI is InChI=1S/C9H17NO2/c1-12-8-5-9(11)10-6-3-2-4-7-10/h2-8H2,1H3. The summed E-state index contributed by atoms with van der Waals surface area (Å²) < 4.78 is 4.86. The Kier molecular flexibility index (Phi) is 4.08. The van der Waals surface area contributed by atoms with Gasteiger partial charge in [-0.25, -0.2) is 0 Å². The number of ether oxygens (including phenoxy) is 1. The van der Waals surface area contributed by atoms with Crippen LogP contribution < -0.4 is 0 Å². The molecule has 1 aliphatic rings. The molecule has 3 heteroatoms. The maximum atomic E-state index is 11.4. The third-order valence-corrected chi connectivity index (χ3v) is 2.23. The Balaban J connectivity index is 2.20. The number of carbonyl (C=O) groups excluding carboxylic acids is 1. The summed E-state index contributed by atoms with van der Waals surface area (Å²) in [5, 5.41) is 0. The van der Waals surface area contributed by atoms with Crippen molar-refractivity contribution in [3.8, 4) is 0 Å². The summed E-state index contributed by atoms with van der Waals surface area (Å²) in [6.07, 6.45) is 4.14. The minimum Gasteiger partial charge on any atom is -0.384 e. The molecule has 0 unspecified atom stereocenters. The van der Waals surface area contributed by atoms with E-state index in [0.29, 0.717) is 13.0 Å². The SMILES string of the molecule is COCCC(=O)N1CCCCC1. The highest BCUT2D eigenvalue weighted by Gasteiger charge is 2.15. The molecule has 1 amide bonds. The zero-order valence-corrected chi connectivity index (χ0v) is 7.71. The lowest BCUT2D eigenvalue weighted by Crippen LogP contribution is -2.35. The van der Waals surface area contributed by atoms with E-state index in [0.717, 1.165) is 13.1 Å². The van der Waals surface area contributed by atoms with Crippen molar-refractivity contribution < 1.29 is 9.53 Å². The van der Waals surface area contributed by atoms with Crippen molar-refractivity contribution in [1.82, 2.24) is 4.90 Å². The van der Waals surface area contributed by atoms with Gasteiger partial charge in [0.05, 0.1) is 13.0 Å². The van der Waals surface area contributed by atoms with Crippen molar-refractivity contribution in [3.05, 3.63) is 0 Å². The number of carbonyl (C=O) groups is 1. The van der Waals surface area contributed by atoms with E-state index >= 15 is 0 Å². The fourth-order valence-corrected chi connectivity index (χ4v) is 1.49. The van der Waals surface area contributed by atoms with Gasteiger partial charge in [-0.2, -0.15) is 0 Å². The van der Waals surface area contributed by atoms with Crippen LogP contribution in [0.5, 0.6) is 0 Å². The monoisotopic (exact) mass is 171 g/mol. The highest BCUT2D eigenvalue weighted by atomic mass is 16.5. The summed E-state index contributed by atoms with van der Waals surface area (Å²) in [5.41, 5.74) is 0. The van der Waals surface area contributed by atoms with Crippen molar-refractivity contribution in [2.24, 2.45) is 0 Å². The number of piperidine rings is 1. The molecule has 0 saturated carbocycles. The second-order valence-corrected chi connectivity index (χ2v) is 3.18. The van der Waals surface area contributed by atoms with E-state index in [1.54, 1.807) is 7.11 Å². The summed E-state index contributed by atoms with van der Waals surface area (Å²) in [4.78, 5) is 13.3. The second-order valence-electron chi connectivity index (χ2n) is 3.18. The van der Waals surface area contributed by atoms with Crippen LogP contribution in [0.1, 0.15) is 25.7 Å². The first kappa shape index (κ1) is 9.52. The van der Waals surface area contributed by atoms with Crippen LogP contribution >= 0.6 is 0 Å². The van der Waals surface area contributed by atoms with Crippen molar-refractivity contribution >= 4 is 5.91 Å². The summed E-state index contributed by atoms with van der Waals surface area (Å²) >= 11 is 0. The lowest BCUT2D eigenvalue weighted by Gasteiger charge is -2.26. The molecule has 0 radical (unpaired) electrons. The van der Waals surface area contributed by atoms with Gasteiger partial charge >= 0.3 is 0 Å². The largest absolute Gasteiger partial charge is 0.384 e. The molecule has 1 saturated heterocycles. The molecule has 0 atom stereocenters. The summed E-state index contributed by atoms with van der Waals surface area (Å²) in [5.74, 6) is 0.247. The van der Waals surface area contributed by atoms with Crippen LogP contribution in [0.2, 0.25) is 0 Å². The van der Waals surface area contributed by atoms with E-state index in [9.17, 15) is 4.79 Å². The molecule has 1 rings (SSSR count). The Labute approximate surface area is 73.7 Å². The molecule has 1 aliphatic heterocycles. The minimum atomic E-state index is 0.247. The van der Waals surface area contributed by atoms with Gasteiger partial charge in [0, 0.05) is 20.2 Å². The molecule has 70 valence electrons. The smallest absolute Gasteiger partial charge is 0.224 e. The van der Waals surface area contributed by atoms with Gasteiger partial charge in [0.15, 0.2) is 0 Å². The molecule has 3 nitrogen and oxygen atoms in total. The van der Waals surface area contributed by atoms with E-state index in [1.165, 1.54) is 19.3 Å². The first-order chi connectivity index (χ1) is 5.84. The Morgan fingerprint density at radius 1 is 1.33 bits per heavy atom. The fourth-order valence-electron chi connectivity index (χ4n) is 1.49. The highest BCUT2D eigenvalue weighted by molar-refractivity contribution is 5.76. The van der Waals surface area contributed by atoms with Crippen LogP contribution in [0.15, 0.2) is 0 Å².